The van der Waals surface area contributed by atoms with Gasteiger partial charge in [-0.15, -0.1) is 13.2 Å². The number of rotatable bonds is 3. The second kappa shape index (κ2) is 4.91. The smallest absolute Gasteiger partial charge is 0.477 e. The zero-order valence-electron chi connectivity index (χ0n) is 8.06. The van der Waals surface area contributed by atoms with Crippen molar-refractivity contribution in [1.29, 1.82) is 0 Å². The number of nitro groups is 1. The zero-order valence-corrected chi connectivity index (χ0v) is 10.2. The molecule has 7 nitrogen and oxygen atoms in total. The van der Waals surface area contributed by atoms with E-state index in [2.05, 4.69) is 9.72 Å². The predicted molar refractivity (Wildman–Crippen MR) is 57.3 cm³/mol. The lowest BCUT2D eigenvalue weighted by molar-refractivity contribution is -0.390. The average Bonchev–Trinajstić information content (AvgIpc) is 2.17. The molecule has 1 aromatic rings. The molecule has 0 fully saturated rings. The van der Waals surface area contributed by atoms with Crippen molar-refractivity contribution < 1.29 is 32.7 Å². The van der Waals surface area contributed by atoms with Crippen molar-refractivity contribution in [3.63, 3.8) is 0 Å². The van der Waals surface area contributed by atoms with Gasteiger partial charge in [0, 0.05) is 28.7 Å². The fourth-order valence-corrected chi connectivity index (χ4v) is 1.45. The third kappa shape index (κ3) is 3.41. The Bertz CT molecular complexity index is 519. The van der Waals surface area contributed by atoms with E-state index >= 15 is 0 Å². The molecule has 1 aromatic heterocycles. The summed E-state index contributed by atoms with van der Waals surface area (Å²) in [6.45, 7) is 0. The summed E-state index contributed by atoms with van der Waals surface area (Å²) in [5.41, 5.74) is -0.986. The number of aromatic nitrogens is 1. The van der Waals surface area contributed by atoms with Crippen LogP contribution in [0.3, 0.4) is 0 Å². The second-order valence-electron chi connectivity index (χ2n) is 2.76. The van der Waals surface area contributed by atoms with E-state index in [-0.39, 0.29) is 0 Å². The summed E-state index contributed by atoms with van der Waals surface area (Å²) in [5, 5.41) is 19.1. The number of aromatic carboxylic acids is 1. The Labute approximate surface area is 110 Å². The van der Waals surface area contributed by atoms with Gasteiger partial charge in [-0.05, 0) is 9.91 Å². The lowest BCUT2D eigenvalue weighted by Crippen LogP contribution is -2.19. The van der Waals surface area contributed by atoms with E-state index in [1.165, 1.54) is 22.6 Å². The quantitative estimate of drug-likeness (QED) is 0.375. The number of ether oxygens (including phenoxy) is 1. The van der Waals surface area contributed by atoms with E-state index in [4.69, 9.17) is 5.11 Å². The van der Waals surface area contributed by atoms with Gasteiger partial charge < -0.3 is 20.0 Å². The average molecular weight is 378 g/mol. The molecule has 11 heteroatoms. The van der Waals surface area contributed by atoms with Crippen LogP contribution in [0.5, 0.6) is 5.75 Å². The Morgan fingerprint density at radius 2 is 2.11 bits per heavy atom. The fourth-order valence-electron chi connectivity index (χ4n) is 0.956. The van der Waals surface area contributed by atoms with Crippen molar-refractivity contribution in [2.75, 3.05) is 0 Å². The van der Waals surface area contributed by atoms with Crippen molar-refractivity contribution in [1.82, 2.24) is 4.98 Å². The Morgan fingerprint density at radius 1 is 1.56 bits per heavy atom. The summed E-state index contributed by atoms with van der Waals surface area (Å²) in [6.07, 6.45) is -5.05. The number of carbonyl (C=O) groups is 1. The molecular weight excluding hydrogens is 376 g/mol. The monoisotopic (exact) mass is 378 g/mol. The lowest BCUT2D eigenvalue weighted by Gasteiger charge is -2.09. The van der Waals surface area contributed by atoms with Gasteiger partial charge >= 0.3 is 18.1 Å². The number of carboxylic acid groups (broad SMARTS) is 1. The van der Waals surface area contributed by atoms with Crippen LogP contribution in [0.15, 0.2) is 6.07 Å². The Morgan fingerprint density at radius 3 is 2.50 bits per heavy atom. The maximum absolute atomic E-state index is 12.0. The highest BCUT2D eigenvalue weighted by atomic mass is 127. The van der Waals surface area contributed by atoms with Crippen LogP contribution in [-0.2, 0) is 0 Å². The van der Waals surface area contributed by atoms with Gasteiger partial charge in [0.2, 0.25) is 0 Å². The first kappa shape index (κ1) is 14.4. The molecule has 0 bridgehead atoms. The van der Waals surface area contributed by atoms with Crippen LogP contribution in [0.25, 0.3) is 0 Å². The van der Waals surface area contributed by atoms with Crippen LogP contribution >= 0.6 is 22.6 Å². The van der Waals surface area contributed by atoms with Crippen LogP contribution in [0.1, 0.15) is 10.4 Å². The van der Waals surface area contributed by atoms with Gasteiger partial charge in [-0.1, -0.05) is 0 Å². The number of carboxylic acids is 1. The Kier molecular flexibility index (Phi) is 3.93. The normalized spacial score (nSPS) is 11.1. The number of pyridine rings is 1. The number of alkyl halides is 3. The summed E-state index contributed by atoms with van der Waals surface area (Å²) in [6, 6.07) is 0.405. The molecule has 18 heavy (non-hydrogen) atoms. The Balaban J connectivity index is 3.36. The van der Waals surface area contributed by atoms with E-state index in [0.29, 0.717) is 6.07 Å². The fraction of sp³-hybridized carbons (Fsp3) is 0.143. The minimum atomic E-state index is -5.05. The summed E-state index contributed by atoms with van der Waals surface area (Å²) in [4.78, 5) is 23.2. The molecule has 0 amide bonds. The first-order valence-electron chi connectivity index (χ1n) is 3.96. The molecule has 0 radical (unpaired) electrons. The zero-order chi connectivity index (χ0) is 14.1. The van der Waals surface area contributed by atoms with Gasteiger partial charge in [-0.2, -0.15) is 0 Å². The first-order chi connectivity index (χ1) is 8.11. The molecule has 0 spiro atoms. The van der Waals surface area contributed by atoms with Crippen LogP contribution in [-0.4, -0.2) is 27.3 Å². The largest absolute Gasteiger partial charge is 0.573 e. The number of hydrogen-bond donors (Lipinski definition) is 1. The lowest BCUT2D eigenvalue weighted by atomic mass is 10.2. The molecule has 1 N–H and O–H groups in total. The standard InChI is InChI=1S/C7H2F3IN2O5/c8-7(9,10)18-3-1-2(6(14)15)5(13(16)17)12-4(3)11/h1H,(H,14,15). The molecule has 0 aliphatic rings. The van der Waals surface area contributed by atoms with Crippen molar-refractivity contribution in [2.45, 2.75) is 6.36 Å². The Hall–Kier alpha value is -1.66. The highest BCUT2D eigenvalue weighted by molar-refractivity contribution is 14.1. The summed E-state index contributed by atoms with van der Waals surface area (Å²) >= 11 is 1.27. The highest BCUT2D eigenvalue weighted by Gasteiger charge is 2.35. The van der Waals surface area contributed by atoms with Crippen LogP contribution in [0.2, 0.25) is 0 Å². The molecule has 0 unspecified atom stereocenters. The third-order valence-electron chi connectivity index (χ3n) is 1.55. The van der Waals surface area contributed by atoms with Crippen molar-refractivity contribution >= 4 is 34.4 Å². The van der Waals surface area contributed by atoms with Crippen LogP contribution < -0.4 is 4.74 Å². The van der Waals surface area contributed by atoms with Gasteiger partial charge in [-0.25, -0.2) is 4.79 Å². The number of hydrogen-bond acceptors (Lipinski definition) is 5. The van der Waals surface area contributed by atoms with E-state index < -0.39 is 38.1 Å². The first-order valence-corrected chi connectivity index (χ1v) is 5.03. The number of nitrogens with zero attached hydrogens (tertiary/aromatic N) is 2. The van der Waals surface area contributed by atoms with Gasteiger partial charge in [0.25, 0.3) is 3.70 Å². The second-order valence-corrected chi connectivity index (χ2v) is 3.78. The molecule has 0 aliphatic carbocycles. The van der Waals surface area contributed by atoms with Gasteiger partial charge in [0.1, 0.15) is 0 Å². The van der Waals surface area contributed by atoms with Crippen molar-refractivity contribution in [3.8, 4) is 5.75 Å². The van der Waals surface area contributed by atoms with E-state index in [9.17, 15) is 28.1 Å². The van der Waals surface area contributed by atoms with Gasteiger partial charge in [-0.3, -0.25) is 0 Å². The topological polar surface area (TPSA) is 103 Å². The molecule has 0 aliphatic heterocycles. The van der Waals surface area contributed by atoms with Crippen LogP contribution in [0, 0.1) is 13.8 Å². The molecule has 0 saturated heterocycles. The molecule has 0 atom stereocenters. The van der Waals surface area contributed by atoms with E-state index in [1.807, 2.05) is 0 Å². The molecule has 1 rings (SSSR count). The van der Waals surface area contributed by atoms with Gasteiger partial charge in [0.05, 0.1) is 0 Å². The SMILES string of the molecule is O=C(O)c1cc(OC(F)(F)F)c(I)nc1[N+](=O)[O-]. The predicted octanol–water partition coefficient (Wildman–Crippen LogP) is 2.19. The molecule has 98 valence electrons. The van der Waals surface area contributed by atoms with Crippen molar-refractivity contribution in [2.24, 2.45) is 0 Å². The third-order valence-corrected chi connectivity index (χ3v) is 2.33. The highest BCUT2D eigenvalue weighted by Crippen LogP contribution is 2.30. The molecule has 0 saturated carbocycles. The summed E-state index contributed by atoms with van der Waals surface area (Å²) in [5.74, 6) is -3.75. The van der Waals surface area contributed by atoms with E-state index in [1.54, 1.807) is 0 Å². The van der Waals surface area contributed by atoms with Crippen molar-refractivity contribution in [3.05, 3.63) is 25.4 Å². The number of halogens is 4. The maximum atomic E-state index is 12.0. The molecular formula is C7H2F3IN2O5. The molecule has 1 heterocycles. The minimum Gasteiger partial charge on any atom is -0.477 e. The van der Waals surface area contributed by atoms with E-state index in [0.717, 1.165) is 0 Å². The maximum Gasteiger partial charge on any atom is 0.573 e. The summed E-state index contributed by atoms with van der Waals surface area (Å²) < 4.78 is 39.0. The van der Waals surface area contributed by atoms with Gasteiger partial charge in [0.15, 0.2) is 11.3 Å². The molecule has 0 aromatic carbocycles. The summed E-state index contributed by atoms with van der Waals surface area (Å²) in [7, 11) is 0. The minimum absolute atomic E-state index is 0.405. The van der Waals surface area contributed by atoms with Crippen LogP contribution in [0.4, 0.5) is 19.0 Å².